The summed E-state index contributed by atoms with van der Waals surface area (Å²) in [4.78, 5) is 7.17. The van der Waals surface area contributed by atoms with E-state index in [1.165, 1.54) is 0 Å². The van der Waals surface area contributed by atoms with Crippen LogP contribution in [0.4, 0.5) is 0 Å². The molecule has 0 spiro atoms. The molecule has 0 bridgehead atoms. The molecule has 1 heterocycles. The first-order valence-corrected chi connectivity index (χ1v) is 4.50. The Labute approximate surface area is 72.8 Å². The van der Waals surface area contributed by atoms with Crippen LogP contribution in [0.25, 0.3) is 0 Å². The van der Waals surface area contributed by atoms with Gasteiger partial charge in [-0.05, 0) is 12.8 Å². The zero-order chi connectivity index (χ0) is 8.65. The van der Waals surface area contributed by atoms with E-state index in [2.05, 4.69) is 9.97 Å². The van der Waals surface area contributed by atoms with Crippen LogP contribution in [0.5, 0.6) is 0 Å². The molecule has 0 aromatic carbocycles. The topological polar surface area (TPSA) is 48.6 Å². The number of hydrogen-bond acceptors (Lipinski definition) is 1. The predicted octanol–water partition coefficient (Wildman–Crippen LogP) is 1.94. The van der Waals surface area contributed by atoms with Crippen molar-refractivity contribution >= 4 is 0 Å². The van der Waals surface area contributed by atoms with Gasteiger partial charge in [0.25, 0.3) is 0 Å². The lowest BCUT2D eigenvalue weighted by Crippen LogP contribution is -1.89. The number of aromatic amines is 1. The Balaban J connectivity index is 1.96. The van der Waals surface area contributed by atoms with E-state index in [0.29, 0.717) is 0 Å². The Kier molecular flexibility index (Phi) is 4.46. The van der Waals surface area contributed by atoms with E-state index in [1.54, 1.807) is 6.20 Å². The molecular weight excluding hydrogens is 152 g/mol. The summed E-state index contributed by atoms with van der Waals surface area (Å²) >= 11 is 0. The third-order valence-electron chi connectivity index (χ3n) is 1.86. The van der Waals surface area contributed by atoms with Gasteiger partial charge < -0.3 is 4.98 Å². The number of nitrogens with one attached hydrogen (secondary N) is 1. The monoisotopic (exact) mass is 167 g/mol. The Hall–Kier alpha value is -0.830. The molecule has 0 fully saturated rings. The molecule has 1 aromatic heterocycles. The van der Waals surface area contributed by atoms with Gasteiger partial charge in [0.05, 0.1) is 6.61 Å². The smallest absolute Gasteiger partial charge is 0.105 e. The molecule has 0 aliphatic heterocycles. The minimum atomic E-state index is 0.0702. The SMILES string of the molecule is [O]CCCCCCc1ncc[nH]1. The molecule has 1 rings (SSSR count). The Morgan fingerprint density at radius 3 is 2.75 bits per heavy atom. The van der Waals surface area contributed by atoms with Crippen molar-refractivity contribution in [2.45, 2.75) is 32.1 Å². The van der Waals surface area contributed by atoms with Gasteiger partial charge in [-0.25, -0.2) is 10.1 Å². The van der Waals surface area contributed by atoms with Crippen LogP contribution in [-0.4, -0.2) is 16.6 Å². The first kappa shape index (κ1) is 9.26. The normalized spacial score (nSPS) is 10.4. The number of aromatic nitrogens is 2. The third-order valence-corrected chi connectivity index (χ3v) is 1.86. The maximum atomic E-state index is 10.1. The van der Waals surface area contributed by atoms with Gasteiger partial charge in [-0.1, -0.05) is 12.8 Å². The summed E-state index contributed by atoms with van der Waals surface area (Å²) in [6.45, 7) is 0.0702. The average Bonchev–Trinajstić information content (AvgIpc) is 2.57. The lowest BCUT2D eigenvalue weighted by molar-refractivity contribution is 0.186. The van der Waals surface area contributed by atoms with Gasteiger partial charge in [0, 0.05) is 18.8 Å². The molecular formula is C9H15N2O. The highest BCUT2D eigenvalue weighted by Crippen LogP contribution is 2.03. The predicted molar refractivity (Wildman–Crippen MR) is 46.3 cm³/mol. The number of imidazole rings is 1. The fraction of sp³-hybridized carbons (Fsp3) is 0.667. The molecule has 1 aromatic rings. The van der Waals surface area contributed by atoms with Crippen LogP contribution in [0.2, 0.25) is 0 Å². The molecule has 1 radical (unpaired) electrons. The van der Waals surface area contributed by atoms with Crippen LogP contribution in [0.1, 0.15) is 31.5 Å². The summed E-state index contributed by atoms with van der Waals surface area (Å²) in [6.07, 6.45) is 8.77. The molecule has 0 amide bonds. The van der Waals surface area contributed by atoms with Gasteiger partial charge in [0.15, 0.2) is 0 Å². The first-order chi connectivity index (χ1) is 5.93. The Morgan fingerprint density at radius 1 is 1.25 bits per heavy atom. The number of H-pyrrole nitrogens is 1. The second kappa shape index (κ2) is 5.77. The fourth-order valence-corrected chi connectivity index (χ4v) is 1.18. The van der Waals surface area contributed by atoms with E-state index in [-0.39, 0.29) is 6.61 Å². The summed E-state index contributed by atoms with van der Waals surface area (Å²) in [7, 11) is 0. The van der Waals surface area contributed by atoms with Gasteiger partial charge in [-0.15, -0.1) is 0 Å². The first-order valence-electron chi connectivity index (χ1n) is 4.50. The zero-order valence-electron chi connectivity index (χ0n) is 7.25. The molecule has 1 N–H and O–H groups in total. The molecule has 67 valence electrons. The molecule has 12 heavy (non-hydrogen) atoms. The van der Waals surface area contributed by atoms with Gasteiger partial charge in [0.1, 0.15) is 5.82 Å². The average molecular weight is 167 g/mol. The van der Waals surface area contributed by atoms with Crippen LogP contribution >= 0.6 is 0 Å². The maximum absolute atomic E-state index is 10.1. The van der Waals surface area contributed by atoms with E-state index in [9.17, 15) is 5.11 Å². The molecule has 0 unspecified atom stereocenters. The van der Waals surface area contributed by atoms with Crippen molar-refractivity contribution in [3.63, 3.8) is 0 Å². The van der Waals surface area contributed by atoms with Crippen LogP contribution in [-0.2, 0) is 11.5 Å². The molecule has 0 saturated heterocycles. The lowest BCUT2D eigenvalue weighted by atomic mass is 10.1. The molecule has 3 nitrogen and oxygen atoms in total. The number of rotatable bonds is 6. The van der Waals surface area contributed by atoms with E-state index in [0.717, 1.165) is 37.9 Å². The van der Waals surface area contributed by atoms with E-state index in [1.807, 2.05) is 6.20 Å². The summed E-state index contributed by atoms with van der Waals surface area (Å²) in [5.74, 6) is 1.05. The second-order valence-corrected chi connectivity index (χ2v) is 2.90. The van der Waals surface area contributed by atoms with Crippen LogP contribution in [0, 0.1) is 0 Å². The quantitative estimate of drug-likeness (QED) is 0.647. The van der Waals surface area contributed by atoms with Gasteiger partial charge in [-0.2, -0.15) is 0 Å². The van der Waals surface area contributed by atoms with Crippen molar-refractivity contribution < 1.29 is 5.11 Å². The molecule has 0 saturated carbocycles. The van der Waals surface area contributed by atoms with Crippen LogP contribution in [0.15, 0.2) is 12.4 Å². The van der Waals surface area contributed by atoms with E-state index >= 15 is 0 Å². The standard InChI is InChI=1S/C9H15N2O/c12-8-4-2-1-3-5-9-10-6-7-11-9/h6-7H,1-5,8H2,(H,10,11). The number of hydrogen-bond donors (Lipinski definition) is 1. The van der Waals surface area contributed by atoms with Crippen molar-refractivity contribution in [1.82, 2.24) is 9.97 Å². The molecule has 0 atom stereocenters. The summed E-state index contributed by atoms with van der Waals surface area (Å²) in [5, 5.41) is 10.1. The van der Waals surface area contributed by atoms with Crippen molar-refractivity contribution in [2.24, 2.45) is 0 Å². The minimum absolute atomic E-state index is 0.0702. The van der Waals surface area contributed by atoms with E-state index < -0.39 is 0 Å². The highest BCUT2D eigenvalue weighted by Gasteiger charge is 1.94. The van der Waals surface area contributed by atoms with Crippen molar-refractivity contribution in [1.29, 1.82) is 0 Å². The van der Waals surface area contributed by atoms with Gasteiger partial charge >= 0.3 is 0 Å². The van der Waals surface area contributed by atoms with E-state index in [4.69, 9.17) is 0 Å². The summed E-state index contributed by atoms with van der Waals surface area (Å²) in [5.41, 5.74) is 0. The van der Waals surface area contributed by atoms with Crippen LogP contribution < -0.4 is 0 Å². The summed E-state index contributed by atoms with van der Waals surface area (Å²) < 4.78 is 0. The van der Waals surface area contributed by atoms with Crippen LogP contribution in [0.3, 0.4) is 0 Å². The Bertz CT molecular complexity index is 184. The molecule has 0 aliphatic rings. The largest absolute Gasteiger partial charge is 0.349 e. The van der Waals surface area contributed by atoms with Gasteiger partial charge in [0.2, 0.25) is 0 Å². The number of nitrogens with zero attached hydrogens (tertiary/aromatic N) is 1. The minimum Gasteiger partial charge on any atom is -0.349 e. The van der Waals surface area contributed by atoms with Crippen molar-refractivity contribution in [3.05, 3.63) is 18.2 Å². The molecule has 0 aliphatic carbocycles. The van der Waals surface area contributed by atoms with Crippen molar-refractivity contribution in [2.75, 3.05) is 6.61 Å². The van der Waals surface area contributed by atoms with Crippen molar-refractivity contribution in [3.8, 4) is 0 Å². The number of aryl methyl sites for hydroxylation is 1. The highest BCUT2D eigenvalue weighted by molar-refractivity contribution is 4.86. The lowest BCUT2D eigenvalue weighted by Gasteiger charge is -1.96. The fourth-order valence-electron chi connectivity index (χ4n) is 1.18. The second-order valence-electron chi connectivity index (χ2n) is 2.90. The summed E-state index contributed by atoms with van der Waals surface area (Å²) in [6, 6.07) is 0. The number of unbranched alkanes of at least 4 members (excludes halogenated alkanes) is 3. The highest BCUT2D eigenvalue weighted by atomic mass is 16.2. The zero-order valence-corrected chi connectivity index (χ0v) is 7.25. The van der Waals surface area contributed by atoms with Gasteiger partial charge in [-0.3, -0.25) is 0 Å². The maximum Gasteiger partial charge on any atom is 0.105 e. The Morgan fingerprint density at radius 2 is 2.08 bits per heavy atom. The molecule has 3 heteroatoms. The third kappa shape index (κ3) is 3.53.